The first-order chi connectivity index (χ1) is 5.77. The van der Waals surface area contributed by atoms with Crippen molar-refractivity contribution in [1.82, 2.24) is 10.2 Å². The lowest BCUT2D eigenvalue weighted by Crippen LogP contribution is -1.95. The van der Waals surface area contributed by atoms with Crippen LogP contribution in [0.15, 0.2) is 4.79 Å². The highest BCUT2D eigenvalue weighted by Gasteiger charge is 2.11. The minimum atomic E-state index is -0.0421. The van der Waals surface area contributed by atoms with Crippen LogP contribution in [0.5, 0.6) is 0 Å². The second-order valence-corrected chi connectivity index (χ2v) is 3.84. The Bertz CT molecular complexity index is 279. The van der Waals surface area contributed by atoms with Crippen molar-refractivity contribution in [3.8, 4) is 0 Å². The van der Waals surface area contributed by atoms with Gasteiger partial charge >= 0.3 is 4.87 Å². The molecule has 1 heterocycles. The van der Waals surface area contributed by atoms with Crippen LogP contribution in [-0.4, -0.2) is 10.2 Å². The van der Waals surface area contributed by atoms with Gasteiger partial charge in [0, 0.05) is 5.92 Å². The molecule has 0 saturated heterocycles. The van der Waals surface area contributed by atoms with Crippen molar-refractivity contribution in [2.24, 2.45) is 0 Å². The third-order valence-electron chi connectivity index (χ3n) is 1.93. The predicted octanol–water partition coefficient (Wildman–Crippen LogP) is 2.13. The van der Waals surface area contributed by atoms with E-state index in [9.17, 15) is 4.79 Å². The van der Waals surface area contributed by atoms with E-state index < -0.39 is 0 Å². The van der Waals surface area contributed by atoms with Crippen molar-refractivity contribution in [2.45, 2.75) is 39.0 Å². The number of hydrogen-bond acceptors (Lipinski definition) is 3. The average Bonchev–Trinajstić information content (AvgIpc) is 2.47. The van der Waals surface area contributed by atoms with Crippen LogP contribution < -0.4 is 4.87 Å². The quantitative estimate of drug-likeness (QED) is 0.783. The zero-order chi connectivity index (χ0) is 8.97. The molecule has 12 heavy (non-hydrogen) atoms. The molecule has 0 bridgehead atoms. The molecule has 1 aromatic heterocycles. The molecule has 0 radical (unpaired) electrons. The summed E-state index contributed by atoms with van der Waals surface area (Å²) in [5.74, 6) is 0.471. The molecule has 1 unspecified atom stereocenters. The van der Waals surface area contributed by atoms with E-state index in [4.69, 9.17) is 0 Å². The second kappa shape index (κ2) is 4.40. The first-order valence-electron chi connectivity index (χ1n) is 4.33. The number of nitrogens with zero attached hydrogens (tertiary/aromatic N) is 1. The molecule has 1 atom stereocenters. The summed E-state index contributed by atoms with van der Waals surface area (Å²) in [5, 5.41) is 7.40. The normalized spacial score (nSPS) is 13.2. The summed E-state index contributed by atoms with van der Waals surface area (Å²) in [6.07, 6.45) is 3.33. The third kappa shape index (κ3) is 2.17. The average molecular weight is 186 g/mol. The molecular formula is C8H14N2OS. The Morgan fingerprint density at radius 3 is 2.75 bits per heavy atom. The van der Waals surface area contributed by atoms with E-state index in [0.29, 0.717) is 5.92 Å². The molecule has 68 valence electrons. The predicted molar refractivity (Wildman–Crippen MR) is 50.7 cm³/mol. The Balaban J connectivity index is 2.72. The minimum absolute atomic E-state index is 0.0421. The van der Waals surface area contributed by atoms with Gasteiger partial charge in [-0.2, -0.15) is 5.10 Å². The van der Waals surface area contributed by atoms with Gasteiger partial charge in [0.25, 0.3) is 0 Å². The molecule has 0 amide bonds. The second-order valence-electron chi connectivity index (χ2n) is 2.85. The van der Waals surface area contributed by atoms with Crippen molar-refractivity contribution in [1.29, 1.82) is 0 Å². The molecule has 0 saturated carbocycles. The summed E-state index contributed by atoms with van der Waals surface area (Å²) in [6.45, 7) is 4.28. The number of H-pyrrole nitrogens is 1. The summed E-state index contributed by atoms with van der Waals surface area (Å²) in [6, 6.07) is 0. The zero-order valence-corrected chi connectivity index (χ0v) is 8.28. The van der Waals surface area contributed by atoms with Gasteiger partial charge in [-0.05, 0) is 12.8 Å². The fourth-order valence-corrected chi connectivity index (χ4v) is 2.09. The van der Waals surface area contributed by atoms with E-state index in [2.05, 4.69) is 24.0 Å². The topological polar surface area (TPSA) is 45.8 Å². The highest BCUT2D eigenvalue weighted by Crippen LogP contribution is 2.23. The molecule has 3 nitrogen and oxygen atoms in total. The van der Waals surface area contributed by atoms with Gasteiger partial charge in [-0.3, -0.25) is 4.79 Å². The lowest BCUT2D eigenvalue weighted by molar-refractivity contribution is 0.587. The third-order valence-corrected chi connectivity index (χ3v) is 2.84. The van der Waals surface area contributed by atoms with Crippen LogP contribution in [0.3, 0.4) is 0 Å². The SMILES string of the molecule is CCCC(CC)c1n[nH]c(=O)s1. The molecule has 0 aliphatic carbocycles. The fourth-order valence-electron chi connectivity index (χ4n) is 1.27. The van der Waals surface area contributed by atoms with Crippen molar-refractivity contribution in [3.05, 3.63) is 14.7 Å². The summed E-state index contributed by atoms with van der Waals surface area (Å²) >= 11 is 1.24. The van der Waals surface area contributed by atoms with Crippen LogP contribution in [0.2, 0.25) is 0 Å². The van der Waals surface area contributed by atoms with Crippen LogP contribution in [0.25, 0.3) is 0 Å². The number of aromatic amines is 1. The van der Waals surface area contributed by atoms with E-state index in [1.54, 1.807) is 0 Å². The summed E-state index contributed by atoms with van der Waals surface area (Å²) in [7, 11) is 0. The van der Waals surface area contributed by atoms with Gasteiger partial charge in [0.1, 0.15) is 5.01 Å². The van der Waals surface area contributed by atoms with E-state index in [1.165, 1.54) is 11.3 Å². The maximum atomic E-state index is 10.8. The van der Waals surface area contributed by atoms with Crippen molar-refractivity contribution < 1.29 is 0 Å². The number of nitrogens with one attached hydrogen (secondary N) is 1. The van der Waals surface area contributed by atoms with Crippen LogP contribution >= 0.6 is 11.3 Å². The summed E-state index contributed by atoms with van der Waals surface area (Å²) < 4.78 is 0. The van der Waals surface area contributed by atoms with E-state index in [1.807, 2.05) is 0 Å². The van der Waals surface area contributed by atoms with E-state index >= 15 is 0 Å². The Morgan fingerprint density at radius 2 is 2.33 bits per heavy atom. The monoisotopic (exact) mass is 186 g/mol. The molecule has 1 aromatic rings. The Hall–Kier alpha value is -0.640. The molecule has 0 aliphatic heterocycles. The van der Waals surface area contributed by atoms with Crippen LogP contribution in [-0.2, 0) is 0 Å². The van der Waals surface area contributed by atoms with Gasteiger partial charge in [-0.15, -0.1) is 0 Å². The highest BCUT2D eigenvalue weighted by atomic mass is 32.1. The molecule has 0 aliphatic rings. The summed E-state index contributed by atoms with van der Waals surface area (Å²) in [5.41, 5.74) is 0. The first kappa shape index (κ1) is 9.45. The Labute approximate surface area is 75.8 Å². The Morgan fingerprint density at radius 1 is 1.58 bits per heavy atom. The maximum Gasteiger partial charge on any atom is 0.322 e. The minimum Gasteiger partial charge on any atom is -0.255 e. The molecule has 0 aromatic carbocycles. The van der Waals surface area contributed by atoms with Crippen molar-refractivity contribution in [3.63, 3.8) is 0 Å². The molecule has 1 N–H and O–H groups in total. The van der Waals surface area contributed by atoms with E-state index in [-0.39, 0.29) is 4.87 Å². The standard InChI is InChI=1S/C8H14N2OS/c1-3-5-6(4-2)7-9-10-8(11)12-7/h6H,3-5H2,1-2H3,(H,10,11). The number of hydrogen-bond donors (Lipinski definition) is 1. The van der Waals surface area contributed by atoms with Gasteiger partial charge in [0.15, 0.2) is 0 Å². The largest absolute Gasteiger partial charge is 0.322 e. The molecule has 1 rings (SSSR count). The molecule has 0 fully saturated rings. The van der Waals surface area contributed by atoms with Gasteiger partial charge in [-0.1, -0.05) is 31.6 Å². The van der Waals surface area contributed by atoms with Crippen LogP contribution in [0.4, 0.5) is 0 Å². The van der Waals surface area contributed by atoms with Gasteiger partial charge in [0.05, 0.1) is 0 Å². The van der Waals surface area contributed by atoms with Crippen molar-refractivity contribution in [2.75, 3.05) is 0 Å². The summed E-state index contributed by atoms with van der Waals surface area (Å²) in [4.78, 5) is 10.8. The molecular weight excluding hydrogens is 172 g/mol. The lowest BCUT2D eigenvalue weighted by Gasteiger charge is -2.07. The Kier molecular flexibility index (Phi) is 3.47. The van der Waals surface area contributed by atoms with Gasteiger partial charge < -0.3 is 0 Å². The number of rotatable bonds is 4. The van der Waals surface area contributed by atoms with Gasteiger partial charge in [0.2, 0.25) is 0 Å². The smallest absolute Gasteiger partial charge is 0.255 e. The maximum absolute atomic E-state index is 10.8. The molecule has 0 spiro atoms. The number of aromatic nitrogens is 2. The molecule has 4 heteroatoms. The highest BCUT2D eigenvalue weighted by molar-refractivity contribution is 7.08. The van der Waals surface area contributed by atoms with Crippen LogP contribution in [0, 0.1) is 0 Å². The zero-order valence-electron chi connectivity index (χ0n) is 7.46. The van der Waals surface area contributed by atoms with E-state index in [0.717, 1.165) is 24.3 Å². The van der Waals surface area contributed by atoms with Crippen molar-refractivity contribution >= 4 is 11.3 Å². The van der Waals surface area contributed by atoms with Gasteiger partial charge in [-0.25, -0.2) is 5.10 Å². The lowest BCUT2D eigenvalue weighted by atomic mass is 10.0. The first-order valence-corrected chi connectivity index (χ1v) is 5.15. The fraction of sp³-hybridized carbons (Fsp3) is 0.750. The van der Waals surface area contributed by atoms with Crippen LogP contribution in [0.1, 0.15) is 44.0 Å².